The second-order valence-electron chi connectivity index (χ2n) is 7.54. The van der Waals surface area contributed by atoms with Crippen molar-refractivity contribution in [1.82, 2.24) is 24.6 Å². The molecule has 0 bridgehead atoms. The molecular formula is C23H23N5O. The van der Waals surface area contributed by atoms with Gasteiger partial charge in [-0.1, -0.05) is 18.2 Å². The minimum Gasteiger partial charge on any atom is -0.460 e. The molecule has 0 aliphatic carbocycles. The van der Waals surface area contributed by atoms with Crippen LogP contribution in [0.3, 0.4) is 0 Å². The highest BCUT2D eigenvalue weighted by atomic mass is 16.3. The summed E-state index contributed by atoms with van der Waals surface area (Å²) in [5, 5.41) is 4.86. The van der Waals surface area contributed by atoms with Crippen molar-refractivity contribution in [2.75, 3.05) is 6.54 Å². The summed E-state index contributed by atoms with van der Waals surface area (Å²) in [6, 6.07) is 14.2. The van der Waals surface area contributed by atoms with Gasteiger partial charge in [-0.3, -0.25) is 4.90 Å². The van der Waals surface area contributed by atoms with E-state index in [1.807, 2.05) is 55.1 Å². The van der Waals surface area contributed by atoms with Crippen LogP contribution in [0.1, 0.15) is 28.4 Å². The minimum atomic E-state index is 0.801. The fourth-order valence-corrected chi connectivity index (χ4v) is 3.86. The summed E-state index contributed by atoms with van der Waals surface area (Å²) in [4.78, 5) is 11.4. The third-order valence-electron chi connectivity index (χ3n) is 5.31. The van der Waals surface area contributed by atoms with Crippen LogP contribution in [0, 0.1) is 13.8 Å². The van der Waals surface area contributed by atoms with Gasteiger partial charge in [0.1, 0.15) is 17.3 Å². The summed E-state index contributed by atoms with van der Waals surface area (Å²) < 4.78 is 7.84. The SMILES string of the molecule is Cc1ncc2c(n1)CCN(Cc1cn(-c3ccccc3)nc1-c1ccc(C)o1)C2. The zero-order valence-corrected chi connectivity index (χ0v) is 16.7. The largest absolute Gasteiger partial charge is 0.460 e. The molecule has 0 N–H and O–H groups in total. The molecule has 6 nitrogen and oxygen atoms in total. The number of aryl methyl sites for hydroxylation is 2. The van der Waals surface area contributed by atoms with E-state index in [2.05, 4.69) is 33.2 Å². The molecule has 1 aromatic carbocycles. The maximum absolute atomic E-state index is 5.90. The molecule has 0 atom stereocenters. The van der Waals surface area contributed by atoms with E-state index in [0.29, 0.717) is 0 Å². The van der Waals surface area contributed by atoms with Crippen molar-refractivity contribution in [1.29, 1.82) is 0 Å². The van der Waals surface area contributed by atoms with Crippen LogP contribution in [0.15, 0.2) is 59.3 Å². The van der Waals surface area contributed by atoms with Gasteiger partial charge in [-0.05, 0) is 38.1 Å². The van der Waals surface area contributed by atoms with Crippen LogP contribution < -0.4 is 0 Å². The molecule has 1 aliphatic heterocycles. The quantitative estimate of drug-likeness (QED) is 0.529. The Morgan fingerprint density at radius 2 is 1.93 bits per heavy atom. The smallest absolute Gasteiger partial charge is 0.154 e. The first-order valence-corrected chi connectivity index (χ1v) is 9.90. The van der Waals surface area contributed by atoms with E-state index < -0.39 is 0 Å². The van der Waals surface area contributed by atoms with Gasteiger partial charge in [-0.2, -0.15) is 5.10 Å². The molecule has 0 saturated carbocycles. The molecule has 4 heterocycles. The van der Waals surface area contributed by atoms with Gasteiger partial charge in [-0.15, -0.1) is 0 Å². The lowest BCUT2D eigenvalue weighted by Crippen LogP contribution is -2.31. The normalized spacial score (nSPS) is 14.1. The lowest BCUT2D eigenvalue weighted by Gasteiger charge is -2.27. The van der Waals surface area contributed by atoms with E-state index in [1.165, 1.54) is 11.3 Å². The first-order valence-electron chi connectivity index (χ1n) is 9.90. The van der Waals surface area contributed by atoms with Crippen molar-refractivity contribution >= 4 is 0 Å². The number of nitrogens with zero attached hydrogens (tertiary/aromatic N) is 5. The highest BCUT2D eigenvalue weighted by molar-refractivity contribution is 5.58. The van der Waals surface area contributed by atoms with Crippen LogP contribution >= 0.6 is 0 Å². The molecule has 3 aromatic heterocycles. The fraction of sp³-hybridized carbons (Fsp3) is 0.261. The van der Waals surface area contributed by atoms with Crippen molar-refractivity contribution < 1.29 is 4.42 Å². The standard InChI is InChI=1S/C23H23N5O/c1-16-8-9-22(29-16)23-19(15-28(26-23)20-6-4-3-5-7-20)14-27-11-10-21-18(13-27)12-24-17(2)25-21/h3-9,12,15H,10-11,13-14H2,1-2H3. The topological polar surface area (TPSA) is 60.0 Å². The minimum absolute atomic E-state index is 0.801. The first kappa shape index (κ1) is 17.8. The Balaban J connectivity index is 1.47. The molecule has 1 aliphatic rings. The Hall–Kier alpha value is -3.25. The zero-order valence-electron chi connectivity index (χ0n) is 16.7. The Morgan fingerprint density at radius 1 is 1.07 bits per heavy atom. The molecule has 4 aromatic rings. The van der Waals surface area contributed by atoms with E-state index >= 15 is 0 Å². The van der Waals surface area contributed by atoms with Gasteiger partial charge in [0.2, 0.25) is 0 Å². The molecule has 0 saturated heterocycles. The fourth-order valence-electron chi connectivity index (χ4n) is 3.86. The van der Waals surface area contributed by atoms with Crippen molar-refractivity contribution in [2.24, 2.45) is 0 Å². The van der Waals surface area contributed by atoms with Crippen LogP contribution in [0.2, 0.25) is 0 Å². The van der Waals surface area contributed by atoms with Crippen LogP contribution in [-0.2, 0) is 19.5 Å². The van der Waals surface area contributed by atoms with Crippen LogP contribution in [0.25, 0.3) is 17.1 Å². The number of rotatable bonds is 4. The Kier molecular flexibility index (Phi) is 4.48. The van der Waals surface area contributed by atoms with Gasteiger partial charge in [0, 0.05) is 55.3 Å². The Labute approximate surface area is 169 Å². The predicted molar refractivity (Wildman–Crippen MR) is 111 cm³/mol. The molecule has 146 valence electrons. The molecule has 5 rings (SSSR count). The van der Waals surface area contributed by atoms with Crippen molar-refractivity contribution in [3.05, 3.63) is 83.3 Å². The third kappa shape index (κ3) is 3.59. The van der Waals surface area contributed by atoms with Crippen molar-refractivity contribution in [3.63, 3.8) is 0 Å². The van der Waals surface area contributed by atoms with E-state index in [9.17, 15) is 0 Å². The van der Waals surface area contributed by atoms with Crippen molar-refractivity contribution in [3.8, 4) is 17.1 Å². The van der Waals surface area contributed by atoms with Crippen LogP contribution in [-0.4, -0.2) is 31.2 Å². The van der Waals surface area contributed by atoms with Gasteiger partial charge in [0.05, 0.1) is 5.69 Å². The third-order valence-corrected chi connectivity index (χ3v) is 5.31. The summed E-state index contributed by atoms with van der Waals surface area (Å²) in [7, 11) is 0. The first-order chi connectivity index (χ1) is 14.2. The molecule has 0 radical (unpaired) electrons. The number of hydrogen-bond donors (Lipinski definition) is 0. The van der Waals surface area contributed by atoms with Gasteiger partial charge in [-0.25, -0.2) is 14.6 Å². The number of furan rings is 1. The monoisotopic (exact) mass is 385 g/mol. The Morgan fingerprint density at radius 3 is 2.72 bits per heavy atom. The summed E-state index contributed by atoms with van der Waals surface area (Å²) in [5.74, 6) is 2.54. The maximum atomic E-state index is 5.90. The molecule has 0 unspecified atom stereocenters. The summed E-state index contributed by atoms with van der Waals surface area (Å²) in [5.41, 5.74) is 5.48. The lowest BCUT2D eigenvalue weighted by atomic mass is 10.1. The molecular weight excluding hydrogens is 362 g/mol. The van der Waals surface area contributed by atoms with E-state index in [1.54, 1.807) is 0 Å². The van der Waals surface area contributed by atoms with Crippen LogP contribution in [0.4, 0.5) is 0 Å². The van der Waals surface area contributed by atoms with E-state index in [-0.39, 0.29) is 0 Å². The van der Waals surface area contributed by atoms with Gasteiger partial charge < -0.3 is 4.42 Å². The second-order valence-corrected chi connectivity index (χ2v) is 7.54. The van der Waals surface area contributed by atoms with Gasteiger partial charge in [0.25, 0.3) is 0 Å². The zero-order chi connectivity index (χ0) is 19.8. The predicted octanol–water partition coefficient (Wildman–Crippen LogP) is 4.10. The van der Waals surface area contributed by atoms with Gasteiger partial charge >= 0.3 is 0 Å². The molecule has 29 heavy (non-hydrogen) atoms. The number of benzene rings is 1. The van der Waals surface area contributed by atoms with Crippen LogP contribution in [0.5, 0.6) is 0 Å². The van der Waals surface area contributed by atoms with Gasteiger partial charge in [0.15, 0.2) is 5.76 Å². The summed E-state index contributed by atoms with van der Waals surface area (Å²) in [6.07, 6.45) is 5.03. The molecule has 0 spiro atoms. The van der Waals surface area contributed by atoms with E-state index in [4.69, 9.17) is 9.52 Å². The molecule has 0 fully saturated rings. The summed E-state index contributed by atoms with van der Waals surface area (Å²) in [6.45, 7) is 6.53. The molecule has 0 amide bonds. The second kappa shape index (κ2) is 7.29. The maximum Gasteiger partial charge on any atom is 0.154 e. The van der Waals surface area contributed by atoms with E-state index in [0.717, 1.165) is 60.3 Å². The summed E-state index contributed by atoms with van der Waals surface area (Å²) >= 11 is 0. The van der Waals surface area contributed by atoms with Crippen molar-refractivity contribution in [2.45, 2.75) is 33.4 Å². The average Bonchev–Trinajstić information content (AvgIpc) is 3.35. The number of para-hydroxylation sites is 1. The average molecular weight is 385 g/mol. The molecule has 6 heteroatoms. The number of aromatic nitrogens is 4. The Bertz CT molecular complexity index is 1150. The number of hydrogen-bond acceptors (Lipinski definition) is 5. The highest BCUT2D eigenvalue weighted by Gasteiger charge is 2.22. The lowest BCUT2D eigenvalue weighted by molar-refractivity contribution is 0.243. The number of fused-ring (bicyclic) bond motifs is 1. The highest BCUT2D eigenvalue weighted by Crippen LogP contribution is 2.28.